The first-order valence-corrected chi connectivity index (χ1v) is 8.28. The van der Waals surface area contributed by atoms with Crippen molar-refractivity contribution in [2.75, 3.05) is 13.1 Å². The average Bonchev–Trinajstić information content (AvgIpc) is 3.14. The number of aryl methyl sites for hydroxylation is 1. The molecule has 4 rings (SSSR count). The second-order valence-corrected chi connectivity index (χ2v) is 6.47. The smallest absolute Gasteiger partial charge is 0.199 e. The van der Waals surface area contributed by atoms with Gasteiger partial charge in [0.2, 0.25) is 0 Å². The van der Waals surface area contributed by atoms with Gasteiger partial charge in [-0.15, -0.1) is 0 Å². The highest BCUT2D eigenvalue weighted by atomic mass is 32.1. The van der Waals surface area contributed by atoms with Crippen LogP contribution < -0.4 is 0 Å². The van der Waals surface area contributed by atoms with Crippen LogP contribution in [0.3, 0.4) is 0 Å². The summed E-state index contributed by atoms with van der Waals surface area (Å²) in [5.74, 6) is 1.18. The molecule has 1 aromatic carbocycles. The third-order valence-corrected chi connectivity index (χ3v) is 4.88. The largest absolute Gasteiger partial charge is 0.440 e. The Labute approximate surface area is 139 Å². The first kappa shape index (κ1) is 14.6. The molecule has 3 heterocycles. The lowest BCUT2D eigenvalue weighted by molar-refractivity contribution is 0.147. The van der Waals surface area contributed by atoms with Gasteiger partial charge in [0, 0.05) is 19.5 Å². The van der Waals surface area contributed by atoms with E-state index in [4.69, 9.17) is 16.6 Å². The van der Waals surface area contributed by atoms with Crippen LogP contribution >= 0.6 is 12.2 Å². The molecule has 23 heavy (non-hydrogen) atoms. The second-order valence-electron chi connectivity index (χ2n) is 6.10. The lowest BCUT2D eigenvalue weighted by Gasteiger charge is -2.30. The van der Waals surface area contributed by atoms with Crippen molar-refractivity contribution >= 4 is 23.3 Å². The number of para-hydroxylation sites is 2. The van der Waals surface area contributed by atoms with Crippen LogP contribution in [0.25, 0.3) is 11.1 Å². The van der Waals surface area contributed by atoms with Gasteiger partial charge in [0.25, 0.3) is 0 Å². The summed E-state index contributed by atoms with van der Waals surface area (Å²) in [6.45, 7) is 2.69. The Morgan fingerprint density at radius 2 is 2.22 bits per heavy atom. The molecule has 1 aliphatic heterocycles. The predicted octanol–water partition coefficient (Wildman–Crippen LogP) is 2.93. The zero-order valence-corrected chi connectivity index (χ0v) is 13.9. The van der Waals surface area contributed by atoms with Crippen LogP contribution in [0.15, 0.2) is 35.0 Å². The van der Waals surface area contributed by atoms with Crippen molar-refractivity contribution in [3.8, 4) is 0 Å². The van der Waals surface area contributed by atoms with Crippen molar-refractivity contribution < 1.29 is 4.42 Å². The minimum Gasteiger partial charge on any atom is -0.440 e. The van der Waals surface area contributed by atoms with Crippen LogP contribution in [0.4, 0.5) is 0 Å². The minimum absolute atomic E-state index is 0.328. The predicted molar refractivity (Wildman–Crippen MR) is 89.6 cm³/mol. The molecule has 0 unspecified atom stereocenters. The van der Waals surface area contributed by atoms with Crippen molar-refractivity contribution in [3.63, 3.8) is 0 Å². The number of rotatable bonds is 3. The van der Waals surface area contributed by atoms with Crippen molar-refractivity contribution in [1.82, 2.24) is 24.2 Å². The van der Waals surface area contributed by atoms with Crippen molar-refractivity contribution in [3.05, 3.63) is 41.3 Å². The molecule has 0 radical (unpaired) electrons. The van der Waals surface area contributed by atoms with E-state index in [9.17, 15) is 0 Å². The first-order valence-electron chi connectivity index (χ1n) is 7.87. The van der Waals surface area contributed by atoms with E-state index in [1.165, 1.54) is 0 Å². The number of benzene rings is 1. The maximum absolute atomic E-state index is 5.95. The zero-order chi connectivity index (χ0) is 15.8. The highest BCUT2D eigenvalue weighted by Gasteiger charge is 2.25. The van der Waals surface area contributed by atoms with Gasteiger partial charge in [0.05, 0.1) is 6.67 Å². The average molecular weight is 329 g/mol. The van der Waals surface area contributed by atoms with Gasteiger partial charge in [-0.25, -0.2) is 9.67 Å². The summed E-state index contributed by atoms with van der Waals surface area (Å²) in [7, 11) is 1.92. The quantitative estimate of drug-likeness (QED) is 0.692. The third kappa shape index (κ3) is 2.82. The van der Waals surface area contributed by atoms with Crippen molar-refractivity contribution in [2.24, 2.45) is 7.05 Å². The Hall–Kier alpha value is -1.99. The SMILES string of the molecule is Cn1cnn(CN2CCC[C@H](c3nc4ccccc4o3)C2)c1=S. The van der Waals surface area contributed by atoms with Gasteiger partial charge in [-0.3, -0.25) is 4.90 Å². The summed E-state index contributed by atoms with van der Waals surface area (Å²) in [5, 5.41) is 4.34. The number of aromatic nitrogens is 4. The molecule has 1 fully saturated rings. The van der Waals surface area contributed by atoms with Gasteiger partial charge in [0.15, 0.2) is 16.2 Å². The van der Waals surface area contributed by atoms with E-state index in [1.807, 2.05) is 40.6 Å². The third-order valence-electron chi connectivity index (χ3n) is 4.39. The van der Waals surface area contributed by atoms with E-state index in [0.29, 0.717) is 5.92 Å². The van der Waals surface area contributed by atoms with Gasteiger partial charge < -0.3 is 8.98 Å². The Kier molecular flexibility index (Phi) is 3.74. The van der Waals surface area contributed by atoms with E-state index in [2.05, 4.69) is 15.0 Å². The van der Waals surface area contributed by atoms with Gasteiger partial charge in [-0.2, -0.15) is 5.10 Å². The Balaban J connectivity index is 1.52. The topological polar surface area (TPSA) is 52.0 Å². The van der Waals surface area contributed by atoms with Crippen LogP contribution in [-0.2, 0) is 13.7 Å². The fourth-order valence-corrected chi connectivity index (χ4v) is 3.31. The van der Waals surface area contributed by atoms with Crippen LogP contribution in [-0.4, -0.2) is 37.3 Å². The molecule has 3 aromatic rings. The maximum Gasteiger partial charge on any atom is 0.199 e. The molecule has 7 heteroatoms. The number of fused-ring (bicyclic) bond motifs is 1. The van der Waals surface area contributed by atoms with Gasteiger partial charge in [-0.1, -0.05) is 12.1 Å². The molecule has 1 saturated heterocycles. The summed E-state index contributed by atoms with van der Waals surface area (Å²) >= 11 is 5.37. The fourth-order valence-electron chi connectivity index (χ4n) is 3.16. The normalized spacial score (nSPS) is 19.4. The van der Waals surface area contributed by atoms with E-state index >= 15 is 0 Å². The van der Waals surface area contributed by atoms with Gasteiger partial charge >= 0.3 is 0 Å². The van der Waals surface area contributed by atoms with Gasteiger partial charge in [0.1, 0.15) is 11.8 Å². The minimum atomic E-state index is 0.328. The highest BCUT2D eigenvalue weighted by molar-refractivity contribution is 7.71. The molecule has 0 amide bonds. The van der Waals surface area contributed by atoms with Crippen LogP contribution in [0.1, 0.15) is 24.7 Å². The van der Waals surface area contributed by atoms with E-state index in [0.717, 1.165) is 54.4 Å². The Morgan fingerprint density at radius 1 is 1.35 bits per heavy atom. The molecule has 0 N–H and O–H groups in total. The maximum atomic E-state index is 5.95. The monoisotopic (exact) mass is 329 g/mol. The zero-order valence-electron chi connectivity index (χ0n) is 13.1. The van der Waals surface area contributed by atoms with Crippen LogP contribution in [0.2, 0.25) is 0 Å². The molecule has 0 bridgehead atoms. The van der Waals surface area contributed by atoms with E-state index in [1.54, 1.807) is 6.33 Å². The lowest BCUT2D eigenvalue weighted by atomic mass is 9.98. The summed E-state index contributed by atoms with van der Waals surface area (Å²) in [5.41, 5.74) is 1.80. The first-order chi connectivity index (χ1) is 11.2. The molecular weight excluding hydrogens is 310 g/mol. The van der Waals surface area contributed by atoms with E-state index < -0.39 is 0 Å². The molecule has 0 aliphatic carbocycles. The molecule has 1 atom stereocenters. The number of likely N-dealkylation sites (tertiary alicyclic amines) is 1. The number of hydrogen-bond acceptors (Lipinski definition) is 5. The molecule has 0 spiro atoms. The van der Waals surface area contributed by atoms with Crippen molar-refractivity contribution in [2.45, 2.75) is 25.4 Å². The molecule has 6 nitrogen and oxygen atoms in total. The standard InChI is InChI=1S/C16H19N5OS/c1-19-10-17-21(16(19)23)11-20-8-4-5-12(9-20)15-18-13-6-2-3-7-14(13)22-15/h2-3,6-7,10,12H,4-5,8-9,11H2,1H3/t12-/m0/s1. The molecule has 1 aliphatic rings. The summed E-state index contributed by atoms with van der Waals surface area (Å²) in [6, 6.07) is 7.94. The Morgan fingerprint density at radius 3 is 3.00 bits per heavy atom. The van der Waals surface area contributed by atoms with Gasteiger partial charge in [-0.05, 0) is 43.7 Å². The Bertz CT molecular complexity index is 847. The number of nitrogens with zero attached hydrogens (tertiary/aromatic N) is 5. The summed E-state index contributed by atoms with van der Waals surface area (Å²) < 4.78 is 10.4. The van der Waals surface area contributed by atoms with E-state index in [-0.39, 0.29) is 0 Å². The molecule has 0 saturated carbocycles. The lowest BCUT2D eigenvalue weighted by Crippen LogP contribution is -2.36. The number of hydrogen-bond donors (Lipinski definition) is 0. The molecular formula is C16H19N5OS. The fraction of sp³-hybridized carbons (Fsp3) is 0.438. The molecule has 120 valence electrons. The number of piperidine rings is 1. The number of oxazole rings is 1. The second kappa shape index (κ2) is 5.90. The summed E-state index contributed by atoms with van der Waals surface area (Å²) in [6.07, 6.45) is 3.99. The summed E-state index contributed by atoms with van der Waals surface area (Å²) in [4.78, 5) is 7.03. The van der Waals surface area contributed by atoms with Crippen LogP contribution in [0.5, 0.6) is 0 Å². The highest BCUT2D eigenvalue weighted by Crippen LogP contribution is 2.29. The van der Waals surface area contributed by atoms with Crippen molar-refractivity contribution in [1.29, 1.82) is 0 Å². The molecule has 2 aromatic heterocycles. The van der Waals surface area contributed by atoms with Crippen LogP contribution in [0, 0.1) is 4.77 Å².